The van der Waals surface area contributed by atoms with E-state index in [0.29, 0.717) is 5.92 Å². The van der Waals surface area contributed by atoms with Crippen LogP contribution in [0.25, 0.3) is 32.4 Å². The van der Waals surface area contributed by atoms with Crippen LogP contribution in [0.3, 0.4) is 0 Å². The first-order valence-corrected chi connectivity index (χ1v) is 11.4. The highest BCUT2D eigenvalue weighted by atomic mass is 79.9. The van der Waals surface area contributed by atoms with E-state index in [4.69, 9.17) is 9.97 Å². The maximum atomic E-state index is 4.93. The lowest BCUT2D eigenvalue weighted by Crippen LogP contribution is -1.98. The van der Waals surface area contributed by atoms with E-state index in [1.54, 1.807) is 29.9 Å². The quantitative estimate of drug-likeness (QED) is 0.315. The molecule has 1 aliphatic carbocycles. The summed E-state index contributed by atoms with van der Waals surface area (Å²) in [7, 11) is 0. The van der Waals surface area contributed by atoms with Crippen LogP contribution in [-0.2, 0) is 0 Å². The van der Waals surface area contributed by atoms with Gasteiger partial charge in [-0.15, -0.1) is 11.3 Å². The van der Waals surface area contributed by atoms with Crippen LogP contribution in [0, 0.1) is 0 Å². The molecule has 6 rings (SSSR count). The van der Waals surface area contributed by atoms with E-state index < -0.39 is 0 Å². The van der Waals surface area contributed by atoms with Crippen LogP contribution in [0.15, 0.2) is 65.5 Å². The highest BCUT2D eigenvalue weighted by Crippen LogP contribution is 2.43. The van der Waals surface area contributed by atoms with Crippen LogP contribution < -0.4 is 5.32 Å². The monoisotopic (exact) mass is 473 g/mol. The minimum atomic E-state index is 0.670. The van der Waals surface area contributed by atoms with E-state index in [-0.39, 0.29) is 0 Å². The van der Waals surface area contributed by atoms with Crippen molar-refractivity contribution in [3.05, 3.63) is 70.5 Å². The molecule has 0 atom stereocenters. The predicted octanol–water partition coefficient (Wildman–Crippen LogP) is 6.69. The lowest BCUT2D eigenvalue weighted by atomic mass is 10.1. The molecule has 5 nitrogen and oxygen atoms in total. The maximum Gasteiger partial charge on any atom is 0.141 e. The molecule has 4 aromatic heterocycles. The molecular formula is C23H16BrN5S. The molecule has 0 bridgehead atoms. The molecule has 0 amide bonds. The van der Waals surface area contributed by atoms with Gasteiger partial charge in [-0.25, -0.2) is 9.97 Å². The average Bonchev–Trinajstić information content (AvgIpc) is 3.53. The second-order valence-corrected chi connectivity index (χ2v) is 9.33. The van der Waals surface area contributed by atoms with Crippen molar-refractivity contribution in [3.63, 3.8) is 0 Å². The number of hydrogen-bond donors (Lipinski definition) is 1. The summed E-state index contributed by atoms with van der Waals surface area (Å²) in [4.78, 5) is 18.4. The van der Waals surface area contributed by atoms with E-state index in [1.165, 1.54) is 22.5 Å². The van der Waals surface area contributed by atoms with Gasteiger partial charge in [0.2, 0.25) is 0 Å². The van der Waals surface area contributed by atoms with Gasteiger partial charge in [-0.05, 0) is 71.2 Å². The van der Waals surface area contributed by atoms with Crippen molar-refractivity contribution in [3.8, 4) is 11.3 Å². The van der Waals surface area contributed by atoms with Gasteiger partial charge in [-0.1, -0.05) is 0 Å². The maximum absolute atomic E-state index is 4.93. The third-order valence-electron chi connectivity index (χ3n) is 5.24. The Hall–Kier alpha value is -2.90. The number of rotatable bonds is 4. The first-order valence-electron chi connectivity index (χ1n) is 9.78. The Kier molecular flexibility index (Phi) is 4.24. The molecule has 4 heterocycles. The van der Waals surface area contributed by atoms with Crippen molar-refractivity contribution in [1.82, 2.24) is 19.9 Å². The minimum absolute atomic E-state index is 0.670. The Bertz CT molecular complexity index is 1400. The molecule has 30 heavy (non-hydrogen) atoms. The number of nitrogens with zero attached hydrogens (tertiary/aromatic N) is 4. The first-order chi connectivity index (χ1) is 14.7. The zero-order valence-electron chi connectivity index (χ0n) is 15.8. The van der Waals surface area contributed by atoms with Crippen molar-refractivity contribution in [2.45, 2.75) is 18.8 Å². The lowest BCUT2D eigenvalue weighted by Gasteiger charge is -2.12. The fourth-order valence-electron chi connectivity index (χ4n) is 3.56. The topological polar surface area (TPSA) is 63.6 Å². The minimum Gasteiger partial charge on any atom is -0.340 e. The van der Waals surface area contributed by atoms with Crippen LogP contribution in [-0.4, -0.2) is 19.9 Å². The molecule has 5 aromatic rings. The van der Waals surface area contributed by atoms with Crippen molar-refractivity contribution < 1.29 is 0 Å². The normalized spacial score (nSPS) is 13.8. The fraction of sp³-hybridized carbons (Fsp3) is 0.130. The molecule has 0 spiro atoms. The number of hydrogen-bond acceptors (Lipinski definition) is 6. The predicted molar refractivity (Wildman–Crippen MR) is 125 cm³/mol. The number of aromatic nitrogens is 4. The molecule has 0 unspecified atom stereocenters. The molecule has 1 aliphatic rings. The van der Waals surface area contributed by atoms with Gasteiger partial charge in [0.25, 0.3) is 0 Å². The number of benzene rings is 1. The fourth-order valence-corrected chi connectivity index (χ4v) is 5.24. The highest BCUT2D eigenvalue weighted by Gasteiger charge is 2.27. The second kappa shape index (κ2) is 7.11. The number of fused-ring (bicyclic) bond motifs is 2. The zero-order chi connectivity index (χ0) is 20.1. The van der Waals surface area contributed by atoms with Gasteiger partial charge in [0.1, 0.15) is 5.82 Å². The SMILES string of the molecule is Brc1ccnc2cc(-c3ccncc3)nc(Nc3ccc4nc(C5CC5)sc4c3)c12. The third-order valence-corrected chi connectivity index (χ3v) is 7.08. The smallest absolute Gasteiger partial charge is 0.141 e. The molecule has 0 saturated heterocycles. The molecule has 7 heteroatoms. The Morgan fingerprint density at radius 3 is 2.63 bits per heavy atom. The molecule has 0 radical (unpaired) electrons. The molecule has 1 saturated carbocycles. The van der Waals surface area contributed by atoms with Crippen LogP contribution in [0.2, 0.25) is 0 Å². The van der Waals surface area contributed by atoms with Gasteiger partial charge < -0.3 is 5.32 Å². The number of pyridine rings is 3. The van der Waals surface area contributed by atoms with E-state index in [9.17, 15) is 0 Å². The summed E-state index contributed by atoms with van der Waals surface area (Å²) < 4.78 is 2.16. The summed E-state index contributed by atoms with van der Waals surface area (Å²) in [6, 6.07) is 14.2. The molecule has 146 valence electrons. The van der Waals surface area contributed by atoms with Gasteiger partial charge in [-0.2, -0.15) is 0 Å². The van der Waals surface area contributed by atoms with Crippen molar-refractivity contribution >= 4 is 59.9 Å². The largest absolute Gasteiger partial charge is 0.340 e. The van der Waals surface area contributed by atoms with Gasteiger partial charge in [0, 0.05) is 40.2 Å². The van der Waals surface area contributed by atoms with Gasteiger partial charge >= 0.3 is 0 Å². The Balaban J connectivity index is 1.47. The lowest BCUT2D eigenvalue weighted by molar-refractivity contribution is 1.10. The molecule has 1 N–H and O–H groups in total. The number of thiazole rings is 1. The average molecular weight is 474 g/mol. The number of halogens is 1. The molecular weight excluding hydrogens is 458 g/mol. The summed E-state index contributed by atoms with van der Waals surface area (Å²) in [5.41, 5.74) is 4.80. The first kappa shape index (κ1) is 17.9. The van der Waals surface area contributed by atoms with E-state index >= 15 is 0 Å². The van der Waals surface area contributed by atoms with Gasteiger partial charge in [-0.3, -0.25) is 9.97 Å². The summed E-state index contributed by atoms with van der Waals surface area (Å²) in [6.07, 6.45) is 7.89. The molecule has 1 fully saturated rings. The Morgan fingerprint density at radius 2 is 1.80 bits per heavy atom. The molecule has 1 aromatic carbocycles. The third kappa shape index (κ3) is 3.24. The summed E-state index contributed by atoms with van der Waals surface area (Å²) in [5, 5.41) is 5.74. The van der Waals surface area contributed by atoms with Crippen LogP contribution in [0.4, 0.5) is 11.5 Å². The second-order valence-electron chi connectivity index (χ2n) is 7.41. The summed E-state index contributed by atoms with van der Waals surface area (Å²) in [6.45, 7) is 0. The van der Waals surface area contributed by atoms with E-state index in [2.05, 4.69) is 49.4 Å². The van der Waals surface area contributed by atoms with Crippen molar-refractivity contribution in [2.75, 3.05) is 5.32 Å². The Labute approximate surface area is 185 Å². The number of anilines is 2. The summed E-state index contributed by atoms with van der Waals surface area (Å²) >= 11 is 5.47. The van der Waals surface area contributed by atoms with E-state index in [0.717, 1.165) is 43.7 Å². The number of nitrogens with one attached hydrogen (secondary N) is 1. The van der Waals surface area contributed by atoms with Crippen LogP contribution >= 0.6 is 27.3 Å². The van der Waals surface area contributed by atoms with Crippen molar-refractivity contribution in [1.29, 1.82) is 0 Å². The van der Waals surface area contributed by atoms with Crippen molar-refractivity contribution in [2.24, 2.45) is 0 Å². The van der Waals surface area contributed by atoms with Gasteiger partial charge in [0.15, 0.2) is 0 Å². The van der Waals surface area contributed by atoms with Crippen LogP contribution in [0.1, 0.15) is 23.8 Å². The van der Waals surface area contributed by atoms with E-state index in [1.807, 2.05) is 24.3 Å². The van der Waals surface area contributed by atoms with Gasteiger partial charge in [0.05, 0.1) is 31.8 Å². The van der Waals surface area contributed by atoms with Crippen LogP contribution in [0.5, 0.6) is 0 Å². The molecule has 0 aliphatic heterocycles. The summed E-state index contributed by atoms with van der Waals surface area (Å²) in [5.74, 6) is 1.44. The zero-order valence-corrected chi connectivity index (χ0v) is 18.2. The standard InChI is InChI=1S/C23H16BrN5S/c24-16-7-10-26-19-12-18(13-5-8-25-9-6-13)28-22(21(16)19)27-15-3-4-17-20(11-15)30-23(29-17)14-1-2-14/h3-12,14H,1-2H2,(H,27,28). The Morgan fingerprint density at radius 1 is 0.933 bits per heavy atom. The highest BCUT2D eigenvalue weighted by molar-refractivity contribution is 9.10.